The Morgan fingerprint density at radius 2 is 2.06 bits per heavy atom. The Kier molecular flexibility index (Phi) is 7.91. The van der Waals surface area contributed by atoms with Crippen molar-refractivity contribution in [3.8, 4) is 0 Å². The van der Waals surface area contributed by atoms with Crippen LogP contribution in [0.4, 0.5) is 0 Å². The van der Waals surface area contributed by atoms with Gasteiger partial charge in [0.2, 0.25) is 5.91 Å². The van der Waals surface area contributed by atoms with Gasteiger partial charge < -0.3 is 5.32 Å². The average Bonchev–Trinajstić information content (AvgIpc) is 2.79. The van der Waals surface area contributed by atoms with Gasteiger partial charge in [0.1, 0.15) is 0 Å². The highest BCUT2D eigenvalue weighted by Gasteiger charge is 2.18. The van der Waals surface area contributed by atoms with E-state index in [1.165, 1.54) is 38.5 Å². The third-order valence-corrected chi connectivity index (χ3v) is 4.21. The SMILES string of the molecule is CCCC(CCBr)CNC(=O)CC1CCCC1. The fourth-order valence-corrected chi connectivity index (χ4v) is 3.37. The minimum Gasteiger partial charge on any atom is -0.356 e. The van der Waals surface area contributed by atoms with Gasteiger partial charge in [0.15, 0.2) is 0 Å². The first-order chi connectivity index (χ1) is 8.26. The molecule has 2 nitrogen and oxygen atoms in total. The number of amides is 1. The molecule has 0 aromatic carbocycles. The molecule has 1 N–H and O–H groups in total. The normalized spacial score (nSPS) is 18.2. The molecule has 0 bridgehead atoms. The second kappa shape index (κ2) is 8.96. The van der Waals surface area contributed by atoms with Crippen molar-refractivity contribution >= 4 is 21.8 Å². The van der Waals surface area contributed by atoms with E-state index in [4.69, 9.17) is 0 Å². The molecule has 1 atom stereocenters. The predicted molar refractivity (Wildman–Crippen MR) is 76.4 cm³/mol. The summed E-state index contributed by atoms with van der Waals surface area (Å²) in [6, 6.07) is 0. The summed E-state index contributed by atoms with van der Waals surface area (Å²) in [5, 5.41) is 4.16. The molecule has 0 radical (unpaired) electrons. The van der Waals surface area contributed by atoms with Crippen LogP contribution >= 0.6 is 15.9 Å². The predicted octanol–water partition coefficient (Wildman–Crippen LogP) is 3.88. The highest BCUT2D eigenvalue weighted by Crippen LogP contribution is 2.27. The second-order valence-electron chi connectivity index (χ2n) is 5.29. The quantitative estimate of drug-likeness (QED) is 0.677. The van der Waals surface area contributed by atoms with Crippen molar-refractivity contribution in [2.45, 2.75) is 58.3 Å². The van der Waals surface area contributed by atoms with E-state index in [0.717, 1.165) is 24.7 Å². The second-order valence-corrected chi connectivity index (χ2v) is 6.08. The van der Waals surface area contributed by atoms with Crippen LogP contribution in [0.2, 0.25) is 0 Å². The lowest BCUT2D eigenvalue weighted by Crippen LogP contribution is -2.30. The maximum atomic E-state index is 11.8. The first-order valence-electron chi connectivity index (χ1n) is 7.09. The van der Waals surface area contributed by atoms with Crippen LogP contribution in [-0.4, -0.2) is 17.8 Å². The summed E-state index contributed by atoms with van der Waals surface area (Å²) >= 11 is 3.49. The Bertz CT molecular complexity index is 208. The molecule has 1 unspecified atom stereocenters. The zero-order valence-corrected chi connectivity index (χ0v) is 12.6. The standard InChI is InChI=1S/C14H26BrNO/c1-2-5-13(8-9-15)11-16-14(17)10-12-6-3-4-7-12/h12-13H,2-11H2,1H3,(H,16,17). The van der Waals surface area contributed by atoms with Crippen molar-refractivity contribution < 1.29 is 4.79 Å². The molecule has 1 aliphatic carbocycles. The lowest BCUT2D eigenvalue weighted by atomic mass is 10.00. The van der Waals surface area contributed by atoms with E-state index in [-0.39, 0.29) is 5.91 Å². The number of hydrogen-bond donors (Lipinski definition) is 1. The first-order valence-corrected chi connectivity index (χ1v) is 8.21. The monoisotopic (exact) mass is 303 g/mol. The number of hydrogen-bond acceptors (Lipinski definition) is 1. The highest BCUT2D eigenvalue weighted by atomic mass is 79.9. The van der Waals surface area contributed by atoms with E-state index >= 15 is 0 Å². The van der Waals surface area contributed by atoms with Gasteiger partial charge in [-0.15, -0.1) is 0 Å². The van der Waals surface area contributed by atoms with Crippen LogP contribution in [0.1, 0.15) is 58.3 Å². The molecule has 0 aromatic rings. The molecule has 1 amide bonds. The van der Waals surface area contributed by atoms with E-state index in [1.54, 1.807) is 0 Å². The summed E-state index contributed by atoms with van der Waals surface area (Å²) in [6.07, 6.45) is 9.50. The van der Waals surface area contributed by atoms with Crippen LogP contribution in [0.25, 0.3) is 0 Å². The number of carbonyl (C=O) groups excluding carboxylic acids is 1. The number of nitrogens with one attached hydrogen (secondary N) is 1. The van der Waals surface area contributed by atoms with Crippen molar-refractivity contribution in [2.24, 2.45) is 11.8 Å². The molecular weight excluding hydrogens is 278 g/mol. The smallest absolute Gasteiger partial charge is 0.220 e. The lowest BCUT2D eigenvalue weighted by Gasteiger charge is -2.16. The largest absolute Gasteiger partial charge is 0.356 e. The molecule has 0 aromatic heterocycles. The average molecular weight is 304 g/mol. The van der Waals surface area contributed by atoms with Crippen LogP contribution in [0.15, 0.2) is 0 Å². The molecule has 1 rings (SSSR count). The lowest BCUT2D eigenvalue weighted by molar-refractivity contribution is -0.122. The molecule has 3 heteroatoms. The molecule has 17 heavy (non-hydrogen) atoms. The van der Waals surface area contributed by atoms with E-state index in [1.807, 2.05) is 0 Å². The van der Waals surface area contributed by atoms with Gasteiger partial charge in [0, 0.05) is 18.3 Å². The molecule has 100 valence electrons. The number of carbonyl (C=O) groups is 1. The molecular formula is C14H26BrNO. The van der Waals surface area contributed by atoms with Crippen molar-refractivity contribution in [1.82, 2.24) is 5.32 Å². The van der Waals surface area contributed by atoms with Gasteiger partial charge in [-0.1, -0.05) is 42.1 Å². The summed E-state index contributed by atoms with van der Waals surface area (Å²) in [5.74, 6) is 1.58. The van der Waals surface area contributed by atoms with Crippen LogP contribution in [0.3, 0.4) is 0 Å². The Balaban J connectivity index is 2.15. The van der Waals surface area contributed by atoms with Crippen LogP contribution in [0, 0.1) is 11.8 Å². The van der Waals surface area contributed by atoms with E-state index in [9.17, 15) is 4.79 Å². The van der Waals surface area contributed by atoms with Gasteiger partial charge >= 0.3 is 0 Å². The van der Waals surface area contributed by atoms with Gasteiger partial charge in [0.05, 0.1) is 0 Å². The van der Waals surface area contributed by atoms with Crippen LogP contribution in [-0.2, 0) is 4.79 Å². The van der Waals surface area contributed by atoms with Crippen molar-refractivity contribution in [1.29, 1.82) is 0 Å². The fraction of sp³-hybridized carbons (Fsp3) is 0.929. The zero-order chi connectivity index (χ0) is 12.5. The molecule has 1 saturated carbocycles. The Labute approximate surface area is 114 Å². The van der Waals surface area contributed by atoms with Crippen LogP contribution in [0.5, 0.6) is 0 Å². The Morgan fingerprint density at radius 3 is 2.65 bits per heavy atom. The molecule has 1 aliphatic rings. The third-order valence-electron chi connectivity index (χ3n) is 3.75. The van der Waals surface area contributed by atoms with Gasteiger partial charge in [-0.25, -0.2) is 0 Å². The van der Waals surface area contributed by atoms with Crippen LogP contribution < -0.4 is 5.32 Å². The van der Waals surface area contributed by atoms with Crippen molar-refractivity contribution in [3.05, 3.63) is 0 Å². The molecule has 0 aliphatic heterocycles. The minimum atomic E-state index is 0.271. The number of alkyl halides is 1. The topological polar surface area (TPSA) is 29.1 Å². The third kappa shape index (κ3) is 6.44. The summed E-state index contributed by atoms with van der Waals surface area (Å²) in [6.45, 7) is 3.08. The fourth-order valence-electron chi connectivity index (χ4n) is 2.72. The van der Waals surface area contributed by atoms with E-state index in [2.05, 4.69) is 28.2 Å². The van der Waals surface area contributed by atoms with Gasteiger partial charge in [-0.3, -0.25) is 4.79 Å². The molecule has 0 spiro atoms. The van der Waals surface area contributed by atoms with Gasteiger partial charge in [-0.05, 0) is 37.5 Å². The maximum Gasteiger partial charge on any atom is 0.220 e. The summed E-state index contributed by atoms with van der Waals surface area (Å²) < 4.78 is 0. The van der Waals surface area contributed by atoms with Gasteiger partial charge in [0.25, 0.3) is 0 Å². The summed E-state index contributed by atoms with van der Waals surface area (Å²) in [4.78, 5) is 11.8. The highest BCUT2D eigenvalue weighted by molar-refractivity contribution is 9.09. The van der Waals surface area contributed by atoms with Gasteiger partial charge in [-0.2, -0.15) is 0 Å². The summed E-state index contributed by atoms with van der Waals surface area (Å²) in [7, 11) is 0. The molecule has 1 fully saturated rings. The van der Waals surface area contributed by atoms with E-state index in [0.29, 0.717) is 11.8 Å². The Hall–Kier alpha value is -0.0500. The molecule has 0 saturated heterocycles. The molecule has 0 heterocycles. The first kappa shape index (κ1) is 15.0. The van der Waals surface area contributed by atoms with Crippen molar-refractivity contribution in [3.63, 3.8) is 0 Å². The summed E-state index contributed by atoms with van der Waals surface area (Å²) in [5.41, 5.74) is 0. The number of rotatable bonds is 8. The number of halogens is 1. The Morgan fingerprint density at radius 1 is 1.35 bits per heavy atom. The zero-order valence-electron chi connectivity index (χ0n) is 11.0. The van der Waals surface area contributed by atoms with E-state index < -0.39 is 0 Å². The minimum absolute atomic E-state index is 0.271. The van der Waals surface area contributed by atoms with Crippen molar-refractivity contribution in [2.75, 3.05) is 11.9 Å². The maximum absolute atomic E-state index is 11.8.